The van der Waals surface area contributed by atoms with Gasteiger partial charge in [0.25, 0.3) is 5.56 Å². The highest BCUT2D eigenvalue weighted by atomic mass is 19.1. The molecule has 6 nitrogen and oxygen atoms in total. The fourth-order valence-corrected chi connectivity index (χ4v) is 3.47. The Kier molecular flexibility index (Phi) is 4.46. The second-order valence-corrected chi connectivity index (χ2v) is 6.50. The predicted molar refractivity (Wildman–Crippen MR) is 97.9 cm³/mol. The third-order valence-electron chi connectivity index (χ3n) is 4.94. The zero-order valence-electron chi connectivity index (χ0n) is 14.6. The highest BCUT2D eigenvalue weighted by Gasteiger charge is 2.20. The summed E-state index contributed by atoms with van der Waals surface area (Å²) in [6.07, 6.45) is 5.14. The number of nitrogens with one attached hydrogen (secondary N) is 2. The first kappa shape index (κ1) is 16.8. The second kappa shape index (κ2) is 6.92. The van der Waals surface area contributed by atoms with E-state index in [1.54, 1.807) is 19.3 Å². The van der Waals surface area contributed by atoms with Gasteiger partial charge in [-0.15, -0.1) is 0 Å². The molecular weight excluding hydrogens is 335 g/mol. The number of fused-ring (bicyclic) bond motifs is 1. The van der Waals surface area contributed by atoms with Gasteiger partial charge in [0.15, 0.2) is 0 Å². The molecule has 2 aliphatic heterocycles. The van der Waals surface area contributed by atoms with Crippen LogP contribution in [0.3, 0.4) is 0 Å². The second-order valence-electron chi connectivity index (χ2n) is 6.50. The van der Waals surface area contributed by atoms with Crippen molar-refractivity contribution in [1.82, 2.24) is 14.9 Å². The smallest absolute Gasteiger partial charge is 0.262 e. The number of benzene rings is 1. The van der Waals surface area contributed by atoms with Crippen LogP contribution in [0.15, 0.2) is 29.2 Å². The molecule has 0 fully saturated rings. The molecule has 4 rings (SSSR count). The number of ether oxygens (including phenoxy) is 1. The van der Waals surface area contributed by atoms with Gasteiger partial charge in [-0.2, -0.15) is 0 Å². The minimum atomic E-state index is -0.275. The van der Waals surface area contributed by atoms with E-state index in [0.29, 0.717) is 30.1 Å². The molecule has 0 spiro atoms. The Morgan fingerprint density at radius 2 is 2.27 bits per heavy atom. The molecule has 0 aliphatic carbocycles. The molecule has 2 aliphatic rings. The van der Waals surface area contributed by atoms with E-state index in [4.69, 9.17) is 4.74 Å². The lowest BCUT2D eigenvalue weighted by Gasteiger charge is -2.16. The monoisotopic (exact) mass is 356 g/mol. The molecule has 0 radical (unpaired) electrons. The zero-order valence-corrected chi connectivity index (χ0v) is 14.6. The molecule has 2 N–H and O–H groups in total. The molecule has 0 saturated carbocycles. The van der Waals surface area contributed by atoms with Gasteiger partial charge in [0.1, 0.15) is 11.6 Å². The summed E-state index contributed by atoms with van der Waals surface area (Å²) in [5.41, 5.74) is 3.00. The average molecular weight is 356 g/mol. The molecule has 1 aromatic carbocycles. The Morgan fingerprint density at radius 3 is 3.08 bits per heavy atom. The minimum absolute atomic E-state index is 0.0993. The van der Waals surface area contributed by atoms with E-state index in [1.165, 1.54) is 10.6 Å². The van der Waals surface area contributed by atoms with E-state index >= 15 is 0 Å². The lowest BCUT2D eigenvalue weighted by Crippen LogP contribution is -2.27. The van der Waals surface area contributed by atoms with Crippen molar-refractivity contribution in [3.63, 3.8) is 0 Å². The molecule has 26 heavy (non-hydrogen) atoms. The number of hydrogen-bond acceptors (Lipinski definition) is 5. The summed E-state index contributed by atoms with van der Waals surface area (Å²) in [5.74, 6) is 0.880. The Balaban J connectivity index is 1.59. The SMILES string of the molecule is Cn1c(NCc2c(F)ccc3c2CCO3)ncc(C2=CCNCC2)c1=O. The molecule has 7 heteroatoms. The van der Waals surface area contributed by atoms with Gasteiger partial charge < -0.3 is 15.4 Å². The summed E-state index contributed by atoms with van der Waals surface area (Å²) < 4.78 is 21.2. The maximum absolute atomic E-state index is 14.2. The first-order valence-electron chi connectivity index (χ1n) is 8.78. The van der Waals surface area contributed by atoms with Crippen molar-refractivity contribution in [3.05, 3.63) is 57.3 Å². The minimum Gasteiger partial charge on any atom is -0.493 e. The molecular formula is C19H21FN4O2. The first-order valence-corrected chi connectivity index (χ1v) is 8.78. The van der Waals surface area contributed by atoms with Crippen molar-refractivity contribution in [1.29, 1.82) is 0 Å². The van der Waals surface area contributed by atoms with E-state index in [2.05, 4.69) is 15.6 Å². The topological polar surface area (TPSA) is 68.2 Å². The van der Waals surface area contributed by atoms with Gasteiger partial charge >= 0.3 is 0 Å². The standard InChI is InChI=1S/C19H21FN4O2/c1-24-18(25)14(12-4-7-21-8-5-12)10-22-19(24)23-11-15-13-6-9-26-17(13)3-2-16(15)20/h2-4,10,21H,5-9,11H2,1H3,(H,22,23). The first-order chi connectivity index (χ1) is 12.6. The molecule has 1 aromatic heterocycles. The summed E-state index contributed by atoms with van der Waals surface area (Å²) in [4.78, 5) is 17.1. The van der Waals surface area contributed by atoms with Gasteiger partial charge in [0, 0.05) is 43.9 Å². The number of aromatic nitrogens is 2. The van der Waals surface area contributed by atoms with Gasteiger partial charge in [-0.05, 0) is 30.7 Å². The summed E-state index contributed by atoms with van der Waals surface area (Å²) in [6.45, 7) is 2.44. The third-order valence-corrected chi connectivity index (χ3v) is 4.94. The molecule has 0 amide bonds. The molecule has 0 unspecified atom stereocenters. The van der Waals surface area contributed by atoms with Crippen LogP contribution in [0.4, 0.5) is 10.3 Å². The fraction of sp³-hybridized carbons (Fsp3) is 0.368. The lowest BCUT2D eigenvalue weighted by molar-refractivity contribution is 0.356. The highest BCUT2D eigenvalue weighted by Crippen LogP contribution is 2.30. The van der Waals surface area contributed by atoms with E-state index in [-0.39, 0.29) is 17.9 Å². The summed E-state index contributed by atoms with van der Waals surface area (Å²) >= 11 is 0. The quantitative estimate of drug-likeness (QED) is 0.875. The van der Waals surface area contributed by atoms with Gasteiger partial charge in [0.2, 0.25) is 5.95 Å². The van der Waals surface area contributed by atoms with E-state index in [1.807, 2.05) is 6.08 Å². The van der Waals surface area contributed by atoms with Crippen LogP contribution in [-0.4, -0.2) is 29.2 Å². The molecule has 136 valence electrons. The molecule has 3 heterocycles. The van der Waals surface area contributed by atoms with Crippen molar-refractivity contribution in [2.24, 2.45) is 7.05 Å². The Labute approximate surface area is 150 Å². The highest BCUT2D eigenvalue weighted by molar-refractivity contribution is 5.65. The van der Waals surface area contributed by atoms with Crippen molar-refractivity contribution in [2.45, 2.75) is 19.4 Å². The van der Waals surface area contributed by atoms with Gasteiger partial charge in [-0.3, -0.25) is 9.36 Å². The predicted octanol–water partition coefficient (Wildman–Crippen LogP) is 1.84. The van der Waals surface area contributed by atoms with Crippen LogP contribution in [0.2, 0.25) is 0 Å². The van der Waals surface area contributed by atoms with Crippen LogP contribution < -0.4 is 20.9 Å². The number of anilines is 1. The van der Waals surface area contributed by atoms with Crippen molar-refractivity contribution in [3.8, 4) is 5.75 Å². The van der Waals surface area contributed by atoms with Gasteiger partial charge in [-0.25, -0.2) is 9.37 Å². The van der Waals surface area contributed by atoms with Crippen molar-refractivity contribution < 1.29 is 9.13 Å². The van der Waals surface area contributed by atoms with E-state index in [9.17, 15) is 9.18 Å². The van der Waals surface area contributed by atoms with Gasteiger partial charge in [-0.1, -0.05) is 6.08 Å². The number of halogens is 1. The van der Waals surface area contributed by atoms with Crippen molar-refractivity contribution in [2.75, 3.05) is 25.0 Å². The maximum atomic E-state index is 14.2. The maximum Gasteiger partial charge on any atom is 0.262 e. The summed E-state index contributed by atoms with van der Waals surface area (Å²) in [6, 6.07) is 3.08. The zero-order chi connectivity index (χ0) is 18.1. The van der Waals surface area contributed by atoms with E-state index < -0.39 is 0 Å². The number of nitrogens with zero attached hydrogens (tertiary/aromatic N) is 2. The van der Waals surface area contributed by atoms with Crippen LogP contribution in [0.25, 0.3) is 5.57 Å². The fourth-order valence-electron chi connectivity index (χ4n) is 3.47. The number of hydrogen-bond donors (Lipinski definition) is 2. The van der Waals surface area contributed by atoms with Crippen LogP contribution in [0.5, 0.6) is 5.75 Å². The number of rotatable bonds is 4. The van der Waals surface area contributed by atoms with E-state index in [0.717, 1.165) is 36.4 Å². The molecule has 2 aromatic rings. The third kappa shape index (κ3) is 2.99. The molecule has 0 atom stereocenters. The van der Waals surface area contributed by atoms with Crippen LogP contribution in [0, 0.1) is 5.82 Å². The Hall–Kier alpha value is -2.67. The molecule has 0 saturated heterocycles. The Morgan fingerprint density at radius 1 is 1.38 bits per heavy atom. The normalized spacial score (nSPS) is 16.0. The van der Waals surface area contributed by atoms with Crippen molar-refractivity contribution >= 4 is 11.5 Å². The Bertz CT molecular complexity index is 936. The largest absolute Gasteiger partial charge is 0.493 e. The van der Waals surface area contributed by atoms with Crippen LogP contribution in [0.1, 0.15) is 23.1 Å². The summed E-state index contributed by atoms with van der Waals surface area (Å²) in [7, 11) is 1.68. The average Bonchev–Trinajstić information content (AvgIpc) is 3.14. The summed E-state index contributed by atoms with van der Waals surface area (Å²) in [5, 5.41) is 6.33. The van der Waals surface area contributed by atoms with Crippen LogP contribution in [-0.2, 0) is 20.0 Å². The van der Waals surface area contributed by atoms with Gasteiger partial charge in [0.05, 0.1) is 12.2 Å². The van der Waals surface area contributed by atoms with Crippen LogP contribution >= 0.6 is 0 Å². The lowest BCUT2D eigenvalue weighted by atomic mass is 10.0. The molecule has 0 bridgehead atoms.